The van der Waals surface area contributed by atoms with Crippen molar-refractivity contribution in [3.8, 4) is 0 Å². The summed E-state index contributed by atoms with van der Waals surface area (Å²) in [7, 11) is 0. The van der Waals surface area contributed by atoms with E-state index in [9.17, 15) is 0 Å². The van der Waals surface area contributed by atoms with Crippen LogP contribution in [0.15, 0.2) is 127 Å². The summed E-state index contributed by atoms with van der Waals surface area (Å²) in [4.78, 5) is 0. The van der Waals surface area contributed by atoms with Crippen molar-refractivity contribution in [2.75, 3.05) is 11.9 Å². The lowest BCUT2D eigenvalue weighted by Gasteiger charge is -2.23. The van der Waals surface area contributed by atoms with Crippen molar-refractivity contribution in [1.29, 1.82) is 5.41 Å². The van der Waals surface area contributed by atoms with Gasteiger partial charge in [-0.15, -0.1) is 6.58 Å². The first-order valence-electron chi connectivity index (χ1n) is 15.9. The van der Waals surface area contributed by atoms with Crippen molar-refractivity contribution in [1.82, 2.24) is 0 Å². The Morgan fingerprint density at radius 1 is 0.953 bits per heavy atom. The monoisotopic (exact) mass is 573 g/mol. The number of allylic oxidation sites excluding steroid dienone is 8. The third-order valence-corrected chi connectivity index (χ3v) is 8.27. The van der Waals surface area contributed by atoms with Gasteiger partial charge in [0.1, 0.15) is 0 Å². The predicted octanol–water partition coefficient (Wildman–Crippen LogP) is 8.78. The molecule has 226 valence electrons. The predicted molar refractivity (Wildman–Crippen MR) is 189 cm³/mol. The second kappa shape index (κ2) is 18.4. The molecule has 0 amide bonds. The largest absolute Gasteiger partial charge is 0.405 e. The van der Waals surface area contributed by atoms with E-state index in [0.717, 1.165) is 30.5 Å². The Morgan fingerprint density at radius 2 is 1.67 bits per heavy atom. The molecule has 1 aliphatic rings. The quantitative estimate of drug-likeness (QED) is 0.0766. The zero-order chi connectivity index (χ0) is 30.9. The Labute approximate surface area is 260 Å². The number of anilines is 1. The Kier molecular flexibility index (Phi) is 14.3. The molecule has 0 aliphatic heterocycles. The molecular weight excluding hydrogens is 522 g/mol. The van der Waals surface area contributed by atoms with Crippen LogP contribution in [0, 0.1) is 17.2 Å². The molecule has 0 heterocycles. The van der Waals surface area contributed by atoms with Crippen LogP contribution in [0.1, 0.15) is 65.7 Å². The topological polar surface area (TPSA) is 61.9 Å². The van der Waals surface area contributed by atoms with Gasteiger partial charge >= 0.3 is 0 Å². The van der Waals surface area contributed by atoms with Crippen molar-refractivity contribution in [3.05, 3.63) is 138 Å². The Bertz CT molecular complexity index is 1470. The van der Waals surface area contributed by atoms with Crippen molar-refractivity contribution in [2.24, 2.45) is 17.6 Å². The average molecular weight is 574 g/mol. The first kappa shape index (κ1) is 33.4. The lowest BCUT2D eigenvalue weighted by molar-refractivity contribution is 0.609. The van der Waals surface area contributed by atoms with Gasteiger partial charge in [0.25, 0.3) is 0 Å². The maximum atomic E-state index is 8.36. The third-order valence-electron chi connectivity index (χ3n) is 8.27. The van der Waals surface area contributed by atoms with E-state index in [4.69, 9.17) is 11.1 Å². The molecule has 43 heavy (non-hydrogen) atoms. The molecule has 0 radical (unpaired) electrons. The van der Waals surface area contributed by atoms with Crippen molar-refractivity contribution < 1.29 is 0 Å². The van der Waals surface area contributed by atoms with Crippen LogP contribution in [0.3, 0.4) is 0 Å². The van der Waals surface area contributed by atoms with Gasteiger partial charge in [-0.2, -0.15) is 0 Å². The van der Waals surface area contributed by atoms with E-state index in [1.807, 2.05) is 42.5 Å². The maximum absolute atomic E-state index is 8.36. The summed E-state index contributed by atoms with van der Waals surface area (Å²) in [5.74, 6) is 0.494. The summed E-state index contributed by atoms with van der Waals surface area (Å²) in [6.07, 6.45) is 26.0. The molecule has 0 aromatic heterocycles. The second-order valence-corrected chi connectivity index (χ2v) is 11.3. The van der Waals surface area contributed by atoms with Crippen LogP contribution >= 0.6 is 0 Å². The molecule has 2 atom stereocenters. The van der Waals surface area contributed by atoms with Gasteiger partial charge in [0, 0.05) is 23.9 Å². The molecule has 4 N–H and O–H groups in total. The molecule has 0 saturated carbocycles. The number of unbranched alkanes of at least 4 members (excludes halogenated alkanes) is 2. The van der Waals surface area contributed by atoms with Gasteiger partial charge in [0.2, 0.25) is 0 Å². The van der Waals surface area contributed by atoms with Crippen LogP contribution in [0.4, 0.5) is 5.69 Å². The number of para-hydroxylation sites is 1. The number of nitrogens with two attached hydrogens (primary N) is 1. The molecular formula is C40H51N3. The average Bonchev–Trinajstić information content (AvgIpc) is 3.04. The van der Waals surface area contributed by atoms with Crippen LogP contribution in [0.2, 0.25) is 0 Å². The highest BCUT2D eigenvalue weighted by atomic mass is 14.9. The highest BCUT2D eigenvalue weighted by Crippen LogP contribution is 2.29. The Morgan fingerprint density at radius 3 is 2.37 bits per heavy atom. The Hall–Kier alpha value is -4.11. The standard InChI is InChI=1S/C40H51N3/c1-5-8-10-18-33(6-2)37-27-26-36(38-21-14-15-22-39(37)38)31(4)24-25-32(30-43-35-19-11-9-12-20-35)17-13-16-23-40(42)34(7-3)28-29-41/h6,9,11-17,19-25,28-29,33-34,42-43H,2,5,7-8,10,18,26-27,30,41H2,1,3-4H3/b17-13+,23-16-,29-28-,31-24+,32-25-,42-40?. The first-order chi connectivity index (χ1) is 21.0. The first-order valence-corrected chi connectivity index (χ1v) is 15.9. The minimum Gasteiger partial charge on any atom is -0.405 e. The smallest absolute Gasteiger partial charge is 0.0400 e. The minimum atomic E-state index is 0.0428. The van der Waals surface area contributed by atoms with E-state index in [2.05, 4.69) is 93.4 Å². The van der Waals surface area contributed by atoms with Crippen molar-refractivity contribution >= 4 is 22.5 Å². The highest BCUT2D eigenvalue weighted by Gasteiger charge is 2.17. The summed E-state index contributed by atoms with van der Waals surface area (Å²) in [6.45, 7) is 11.5. The number of fused-ring (bicyclic) bond motifs is 1. The molecule has 3 nitrogen and oxygen atoms in total. The SMILES string of the molecule is C=CC(CCCCC)C1=c2ccccc2=C(/C(C)=C/C=C(/C=C/C=C\C(=N)C(/C=C\N)CC)CNc2ccccc2)CC1. The molecule has 0 saturated heterocycles. The normalized spacial score (nSPS) is 15.7. The van der Waals surface area contributed by atoms with Crippen LogP contribution in [0.25, 0.3) is 11.1 Å². The summed E-state index contributed by atoms with van der Waals surface area (Å²) in [5.41, 5.74) is 12.7. The second-order valence-electron chi connectivity index (χ2n) is 11.3. The number of nitrogens with one attached hydrogen (secondary N) is 2. The molecule has 2 unspecified atom stereocenters. The van der Waals surface area contributed by atoms with E-state index in [1.165, 1.54) is 53.5 Å². The van der Waals surface area contributed by atoms with Gasteiger partial charge in [-0.3, -0.25) is 0 Å². The molecule has 3 heteroatoms. The lowest BCUT2D eigenvalue weighted by atomic mass is 9.82. The lowest BCUT2D eigenvalue weighted by Crippen LogP contribution is -2.34. The minimum absolute atomic E-state index is 0.0428. The fourth-order valence-corrected chi connectivity index (χ4v) is 5.72. The molecule has 2 aromatic carbocycles. The van der Waals surface area contributed by atoms with Crippen LogP contribution in [0.5, 0.6) is 0 Å². The molecule has 0 bridgehead atoms. The highest BCUT2D eigenvalue weighted by molar-refractivity contribution is 5.95. The van der Waals surface area contributed by atoms with Gasteiger partial charge in [0.15, 0.2) is 0 Å². The molecule has 1 aliphatic carbocycles. The van der Waals surface area contributed by atoms with Crippen LogP contribution in [-0.4, -0.2) is 12.3 Å². The number of benzene rings is 2. The van der Waals surface area contributed by atoms with E-state index >= 15 is 0 Å². The van der Waals surface area contributed by atoms with Gasteiger partial charge in [-0.25, -0.2) is 0 Å². The van der Waals surface area contributed by atoms with Crippen molar-refractivity contribution in [2.45, 2.75) is 65.7 Å². The molecule has 2 aromatic rings. The maximum Gasteiger partial charge on any atom is 0.0400 e. The van der Waals surface area contributed by atoms with Gasteiger partial charge < -0.3 is 16.5 Å². The zero-order valence-corrected chi connectivity index (χ0v) is 26.5. The third kappa shape index (κ3) is 10.3. The van der Waals surface area contributed by atoms with Crippen molar-refractivity contribution in [3.63, 3.8) is 0 Å². The van der Waals surface area contributed by atoms with E-state index in [1.54, 1.807) is 5.57 Å². The molecule has 0 fully saturated rings. The van der Waals surface area contributed by atoms with Crippen LogP contribution < -0.4 is 21.5 Å². The zero-order valence-electron chi connectivity index (χ0n) is 26.5. The van der Waals surface area contributed by atoms with E-state index < -0.39 is 0 Å². The summed E-state index contributed by atoms with van der Waals surface area (Å²) in [5, 5.41) is 14.7. The van der Waals surface area contributed by atoms with Crippen LogP contribution in [-0.2, 0) is 0 Å². The molecule has 0 spiro atoms. The summed E-state index contributed by atoms with van der Waals surface area (Å²) < 4.78 is 0. The summed E-state index contributed by atoms with van der Waals surface area (Å²) >= 11 is 0. The number of hydrogen-bond donors (Lipinski definition) is 3. The van der Waals surface area contributed by atoms with Gasteiger partial charge in [-0.05, 0) is 90.1 Å². The fourth-order valence-electron chi connectivity index (χ4n) is 5.72. The fraction of sp³-hybridized carbons (Fsp3) is 0.325. The van der Waals surface area contributed by atoms with Gasteiger partial charge in [-0.1, -0.05) is 124 Å². The van der Waals surface area contributed by atoms with Gasteiger partial charge in [0.05, 0.1) is 0 Å². The molecule has 3 rings (SSSR count). The number of hydrogen-bond acceptors (Lipinski definition) is 3. The van der Waals surface area contributed by atoms with E-state index in [-0.39, 0.29) is 5.92 Å². The van der Waals surface area contributed by atoms with E-state index in [0.29, 0.717) is 18.2 Å². The summed E-state index contributed by atoms with van der Waals surface area (Å²) in [6, 6.07) is 19.2. The Balaban J connectivity index is 1.93. The number of rotatable bonds is 17.